The van der Waals surface area contributed by atoms with Gasteiger partial charge in [-0.25, -0.2) is 14.4 Å². The Hall–Kier alpha value is -3.28. The van der Waals surface area contributed by atoms with Gasteiger partial charge in [0.15, 0.2) is 5.82 Å². The van der Waals surface area contributed by atoms with E-state index in [1.165, 1.54) is 17.8 Å². The highest BCUT2D eigenvalue weighted by Gasteiger charge is 2.21. The van der Waals surface area contributed by atoms with E-state index in [0.29, 0.717) is 18.5 Å². The normalized spacial score (nSPS) is 12.7. The fourth-order valence-electron chi connectivity index (χ4n) is 3.26. The van der Waals surface area contributed by atoms with Gasteiger partial charge >= 0.3 is 0 Å². The fraction of sp³-hybridized carbons (Fsp3) is 0.190. The first-order valence-corrected chi connectivity index (χ1v) is 8.91. The van der Waals surface area contributed by atoms with Gasteiger partial charge in [-0.15, -0.1) is 0 Å². The zero-order chi connectivity index (χ0) is 18.6. The summed E-state index contributed by atoms with van der Waals surface area (Å²) in [4.78, 5) is 23.0. The maximum atomic E-state index is 13.6. The Labute approximate surface area is 156 Å². The lowest BCUT2D eigenvalue weighted by atomic mass is 10.1. The summed E-state index contributed by atoms with van der Waals surface area (Å²) in [5.41, 5.74) is 3.25. The van der Waals surface area contributed by atoms with Gasteiger partial charge in [-0.05, 0) is 36.1 Å². The minimum Gasteiger partial charge on any atom is -0.350 e. The molecule has 2 aromatic carbocycles. The number of hydrogen-bond acceptors (Lipinski definition) is 4. The molecule has 4 rings (SSSR count). The van der Waals surface area contributed by atoms with E-state index < -0.39 is 0 Å². The Kier molecular flexibility index (Phi) is 4.78. The zero-order valence-corrected chi connectivity index (χ0v) is 14.7. The number of rotatable bonds is 5. The maximum Gasteiger partial charge on any atom is 0.271 e. The number of fused-ring (bicyclic) bond motifs is 1. The number of amides is 1. The van der Waals surface area contributed by atoms with Crippen LogP contribution in [0.3, 0.4) is 0 Å². The number of carbonyl (C=O) groups excluding carboxylic acids is 1. The third-order valence-electron chi connectivity index (χ3n) is 4.67. The van der Waals surface area contributed by atoms with Gasteiger partial charge in [-0.2, -0.15) is 0 Å². The number of hydrogen-bond donors (Lipinski definition) is 1. The lowest BCUT2D eigenvalue weighted by molar-refractivity contribution is 0.0948. The van der Waals surface area contributed by atoms with Crippen molar-refractivity contribution in [3.63, 3.8) is 0 Å². The number of aromatic nitrogens is 2. The molecule has 136 valence electrons. The summed E-state index contributed by atoms with van der Waals surface area (Å²) in [5, 5.41) is 2.76. The molecule has 1 aromatic heterocycles. The molecule has 0 spiro atoms. The van der Waals surface area contributed by atoms with E-state index in [1.54, 1.807) is 24.4 Å². The standard InChI is InChI=1S/C21H19FN4O/c22-17-7-3-1-5-15(17)9-11-23-21(27)18-13-25-20(14-24-18)26-12-10-16-6-2-4-8-19(16)26/h1-8,13-14H,9-12H2,(H,23,27). The number of carbonyl (C=O) groups is 1. The molecule has 3 aromatic rings. The van der Waals surface area contributed by atoms with E-state index in [1.807, 2.05) is 12.1 Å². The van der Waals surface area contributed by atoms with Crippen LogP contribution in [0.2, 0.25) is 0 Å². The lowest BCUT2D eigenvalue weighted by Crippen LogP contribution is -2.27. The first-order chi connectivity index (χ1) is 13.2. The summed E-state index contributed by atoms with van der Waals surface area (Å²) in [6.07, 6.45) is 4.49. The molecule has 6 heteroatoms. The van der Waals surface area contributed by atoms with E-state index in [4.69, 9.17) is 0 Å². The molecule has 0 atom stereocenters. The van der Waals surface area contributed by atoms with Crippen LogP contribution in [0.5, 0.6) is 0 Å². The number of anilines is 2. The summed E-state index contributed by atoms with van der Waals surface area (Å²) in [5.74, 6) is 0.150. The fourth-order valence-corrected chi connectivity index (χ4v) is 3.26. The van der Waals surface area contributed by atoms with Gasteiger partial charge in [0.25, 0.3) is 5.91 Å². The van der Waals surface area contributed by atoms with Crippen molar-refractivity contribution >= 4 is 17.4 Å². The number of nitrogens with zero attached hydrogens (tertiary/aromatic N) is 3. The van der Waals surface area contributed by atoms with Crippen LogP contribution in [0.1, 0.15) is 21.6 Å². The van der Waals surface area contributed by atoms with Crippen LogP contribution in [0, 0.1) is 5.82 Å². The average molecular weight is 362 g/mol. The first kappa shape index (κ1) is 17.1. The van der Waals surface area contributed by atoms with E-state index in [9.17, 15) is 9.18 Å². The SMILES string of the molecule is O=C(NCCc1ccccc1F)c1cnc(N2CCc3ccccc32)cn1. The number of para-hydroxylation sites is 1. The smallest absolute Gasteiger partial charge is 0.271 e. The van der Waals surface area contributed by atoms with Crippen LogP contribution in [-0.2, 0) is 12.8 Å². The van der Waals surface area contributed by atoms with Crippen molar-refractivity contribution in [2.24, 2.45) is 0 Å². The Balaban J connectivity index is 1.38. The van der Waals surface area contributed by atoms with Crippen molar-refractivity contribution < 1.29 is 9.18 Å². The molecule has 0 fully saturated rings. The van der Waals surface area contributed by atoms with Gasteiger partial charge in [-0.1, -0.05) is 36.4 Å². The van der Waals surface area contributed by atoms with E-state index in [2.05, 4.69) is 32.3 Å². The topological polar surface area (TPSA) is 58.1 Å². The van der Waals surface area contributed by atoms with Crippen molar-refractivity contribution in [2.45, 2.75) is 12.8 Å². The molecule has 27 heavy (non-hydrogen) atoms. The van der Waals surface area contributed by atoms with Gasteiger partial charge in [0.05, 0.1) is 12.4 Å². The largest absolute Gasteiger partial charge is 0.350 e. The van der Waals surface area contributed by atoms with Crippen molar-refractivity contribution in [1.29, 1.82) is 0 Å². The van der Waals surface area contributed by atoms with Gasteiger partial charge in [0.2, 0.25) is 0 Å². The second-order valence-electron chi connectivity index (χ2n) is 6.39. The molecule has 2 heterocycles. The van der Waals surface area contributed by atoms with E-state index >= 15 is 0 Å². The predicted molar refractivity (Wildman–Crippen MR) is 102 cm³/mol. The molecule has 0 saturated carbocycles. The molecule has 1 N–H and O–H groups in total. The first-order valence-electron chi connectivity index (χ1n) is 8.91. The van der Waals surface area contributed by atoms with Crippen molar-refractivity contribution in [3.8, 4) is 0 Å². The highest BCUT2D eigenvalue weighted by Crippen LogP contribution is 2.32. The third-order valence-corrected chi connectivity index (χ3v) is 4.67. The third kappa shape index (κ3) is 3.65. The van der Waals surface area contributed by atoms with Crippen molar-refractivity contribution in [1.82, 2.24) is 15.3 Å². The monoisotopic (exact) mass is 362 g/mol. The minimum atomic E-state index is -0.313. The minimum absolute atomic E-state index is 0.250. The molecular weight excluding hydrogens is 343 g/mol. The molecule has 1 amide bonds. The van der Waals surface area contributed by atoms with Gasteiger partial charge < -0.3 is 10.2 Å². The van der Waals surface area contributed by atoms with Gasteiger partial charge in [0, 0.05) is 18.8 Å². The van der Waals surface area contributed by atoms with Crippen LogP contribution in [0.25, 0.3) is 0 Å². The summed E-state index contributed by atoms with van der Waals surface area (Å²) in [6.45, 7) is 1.19. The molecule has 1 aliphatic rings. The summed E-state index contributed by atoms with van der Waals surface area (Å²) >= 11 is 0. The number of benzene rings is 2. The summed E-state index contributed by atoms with van der Waals surface area (Å²) in [6, 6.07) is 14.8. The summed E-state index contributed by atoms with van der Waals surface area (Å²) < 4.78 is 13.6. The predicted octanol–water partition coefficient (Wildman–Crippen LogP) is 3.28. The second kappa shape index (κ2) is 7.53. The molecule has 1 aliphatic heterocycles. The van der Waals surface area contributed by atoms with Crippen LogP contribution in [0.15, 0.2) is 60.9 Å². The van der Waals surface area contributed by atoms with Gasteiger partial charge in [-0.3, -0.25) is 4.79 Å². The zero-order valence-electron chi connectivity index (χ0n) is 14.7. The highest BCUT2D eigenvalue weighted by molar-refractivity contribution is 5.92. The number of nitrogens with one attached hydrogen (secondary N) is 1. The van der Waals surface area contributed by atoms with Crippen LogP contribution in [0.4, 0.5) is 15.9 Å². The quantitative estimate of drug-likeness (QED) is 0.757. The lowest BCUT2D eigenvalue weighted by Gasteiger charge is -2.17. The highest BCUT2D eigenvalue weighted by atomic mass is 19.1. The molecule has 0 bridgehead atoms. The van der Waals surface area contributed by atoms with Gasteiger partial charge in [0.1, 0.15) is 11.5 Å². The second-order valence-corrected chi connectivity index (χ2v) is 6.39. The van der Waals surface area contributed by atoms with Crippen LogP contribution < -0.4 is 10.2 Å². The van der Waals surface area contributed by atoms with Crippen molar-refractivity contribution in [2.75, 3.05) is 18.0 Å². The average Bonchev–Trinajstić information content (AvgIpc) is 3.14. The molecule has 0 saturated heterocycles. The Morgan fingerprint density at radius 3 is 2.70 bits per heavy atom. The Bertz CT molecular complexity index is 958. The maximum absolute atomic E-state index is 13.6. The van der Waals surface area contributed by atoms with E-state index in [0.717, 1.165) is 24.5 Å². The summed E-state index contributed by atoms with van der Waals surface area (Å²) in [7, 11) is 0. The van der Waals surface area contributed by atoms with Crippen molar-refractivity contribution in [3.05, 3.63) is 83.6 Å². The molecular formula is C21H19FN4O. The molecule has 5 nitrogen and oxygen atoms in total. The van der Waals surface area contributed by atoms with Crippen LogP contribution >= 0.6 is 0 Å². The molecule has 0 radical (unpaired) electrons. The number of halogens is 1. The van der Waals surface area contributed by atoms with E-state index in [-0.39, 0.29) is 17.4 Å². The Morgan fingerprint density at radius 1 is 1.07 bits per heavy atom. The molecule has 0 aliphatic carbocycles. The Morgan fingerprint density at radius 2 is 1.89 bits per heavy atom. The molecule has 0 unspecified atom stereocenters. The van der Waals surface area contributed by atoms with Crippen LogP contribution in [-0.4, -0.2) is 29.0 Å².